The van der Waals surface area contributed by atoms with Crippen LogP contribution in [0.2, 0.25) is 0 Å². The van der Waals surface area contributed by atoms with E-state index in [1.165, 1.54) is 308 Å². The van der Waals surface area contributed by atoms with E-state index in [4.69, 9.17) is 18.5 Å². The maximum Gasteiger partial charge on any atom is 0.306 e. The average Bonchev–Trinajstić information content (AvgIpc) is 3.58. The average molecular weight is 1260 g/mol. The van der Waals surface area contributed by atoms with E-state index < -0.39 is 26.5 Å². The number of nitrogens with zero attached hydrogens (tertiary/aromatic N) is 1. The van der Waals surface area contributed by atoms with Crippen molar-refractivity contribution in [1.82, 2.24) is 0 Å². The van der Waals surface area contributed by atoms with E-state index in [0.717, 1.165) is 44.9 Å². The van der Waals surface area contributed by atoms with Crippen molar-refractivity contribution >= 4 is 19.8 Å². The van der Waals surface area contributed by atoms with Gasteiger partial charge in [0.05, 0.1) is 27.7 Å². The summed E-state index contributed by atoms with van der Waals surface area (Å²) < 4.78 is 34.4. The predicted octanol–water partition coefficient (Wildman–Crippen LogP) is 24.5. The Morgan fingerprint density at radius 3 is 0.898 bits per heavy atom. The molecule has 0 rings (SSSR count). The number of likely N-dealkylation sites (N-methyl/N-ethyl adjacent to an activating group) is 1. The molecule has 0 spiro atoms. The SMILES string of the molecule is CCCCCCC/C=C\C/C=C\CCCCCCCCCCCCCCCCCCCCCCCCCCCCCCCC(=O)OC(COC(=O)CCCCCCCCCCCCC/C=C\C/C=C\CCCCCCC)COP(=O)([O-])OCC[N+](C)(C)C. The van der Waals surface area contributed by atoms with Crippen LogP contribution in [0.25, 0.3) is 0 Å². The minimum absolute atomic E-state index is 0.0291. The first-order valence-corrected chi connectivity index (χ1v) is 39.8. The van der Waals surface area contributed by atoms with Crippen molar-refractivity contribution in [2.75, 3.05) is 47.5 Å². The van der Waals surface area contributed by atoms with Gasteiger partial charge in [0.1, 0.15) is 19.8 Å². The summed E-state index contributed by atoms with van der Waals surface area (Å²) >= 11 is 0. The monoisotopic (exact) mass is 1260 g/mol. The van der Waals surface area contributed by atoms with Crippen molar-refractivity contribution in [1.29, 1.82) is 0 Å². The molecule has 0 aliphatic carbocycles. The maximum atomic E-state index is 12.9. The minimum Gasteiger partial charge on any atom is -0.756 e. The molecular formula is C78H148NO8P. The fraction of sp³-hybridized carbons (Fsp3) is 0.872. The summed E-state index contributed by atoms with van der Waals surface area (Å²) in [7, 11) is 1.18. The zero-order chi connectivity index (χ0) is 64.1. The predicted molar refractivity (Wildman–Crippen MR) is 379 cm³/mol. The van der Waals surface area contributed by atoms with Crippen LogP contribution >= 0.6 is 7.82 Å². The van der Waals surface area contributed by atoms with Crippen LogP contribution in [0, 0.1) is 0 Å². The first kappa shape index (κ1) is 86.0. The number of phosphoric acid groups is 1. The van der Waals surface area contributed by atoms with E-state index in [9.17, 15) is 19.0 Å². The van der Waals surface area contributed by atoms with Gasteiger partial charge in [0.15, 0.2) is 6.10 Å². The van der Waals surface area contributed by atoms with E-state index in [0.29, 0.717) is 17.4 Å². The number of rotatable bonds is 72. The number of hydrogen-bond acceptors (Lipinski definition) is 8. The number of esters is 2. The van der Waals surface area contributed by atoms with Crippen LogP contribution in [-0.2, 0) is 32.7 Å². The van der Waals surface area contributed by atoms with Crippen LogP contribution < -0.4 is 4.89 Å². The second kappa shape index (κ2) is 69.3. The van der Waals surface area contributed by atoms with Gasteiger partial charge in [-0.1, -0.05) is 345 Å². The molecule has 0 aromatic rings. The molecule has 0 saturated carbocycles. The van der Waals surface area contributed by atoms with Gasteiger partial charge in [-0.25, -0.2) is 0 Å². The van der Waals surface area contributed by atoms with E-state index in [1.54, 1.807) is 0 Å². The molecular weight excluding hydrogens is 1110 g/mol. The number of ether oxygens (including phenoxy) is 2. The lowest BCUT2D eigenvalue weighted by Gasteiger charge is -2.28. The smallest absolute Gasteiger partial charge is 0.306 e. The van der Waals surface area contributed by atoms with E-state index >= 15 is 0 Å². The minimum atomic E-state index is -4.64. The molecule has 2 atom stereocenters. The zero-order valence-electron chi connectivity index (χ0n) is 59.2. The highest BCUT2D eigenvalue weighted by Gasteiger charge is 2.22. The Labute approximate surface area is 547 Å². The summed E-state index contributed by atoms with van der Waals surface area (Å²) in [6.45, 7) is 4.28. The summed E-state index contributed by atoms with van der Waals surface area (Å²) in [5, 5.41) is 0. The molecule has 0 N–H and O–H groups in total. The Morgan fingerprint density at radius 2 is 0.614 bits per heavy atom. The molecule has 0 amide bonds. The molecule has 0 aromatic heterocycles. The van der Waals surface area contributed by atoms with Gasteiger partial charge in [-0.05, 0) is 77.0 Å². The highest BCUT2D eigenvalue weighted by atomic mass is 31.2. The van der Waals surface area contributed by atoms with Crippen LogP contribution in [-0.4, -0.2) is 70.0 Å². The van der Waals surface area contributed by atoms with Gasteiger partial charge >= 0.3 is 11.9 Å². The lowest BCUT2D eigenvalue weighted by molar-refractivity contribution is -0.870. The van der Waals surface area contributed by atoms with E-state index in [1.807, 2.05) is 21.1 Å². The fourth-order valence-electron chi connectivity index (χ4n) is 11.4. The quantitative estimate of drug-likeness (QED) is 0.0195. The van der Waals surface area contributed by atoms with Crippen LogP contribution in [0.5, 0.6) is 0 Å². The number of hydrogen-bond donors (Lipinski definition) is 0. The maximum absolute atomic E-state index is 12.9. The molecule has 2 unspecified atom stereocenters. The number of allylic oxidation sites excluding steroid dienone is 8. The van der Waals surface area contributed by atoms with Crippen LogP contribution in [0.15, 0.2) is 48.6 Å². The first-order valence-electron chi connectivity index (χ1n) is 38.3. The Morgan fingerprint density at radius 1 is 0.352 bits per heavy atom. The Kier molecular flexibility index (Phi) is 67.7. The molecule has 10 heteroatoms. The fourth-order valence-corrected chi connectivity index (χ4v) is 12.2. The number of carbonyl (C=O) groups is 2. The molecule has 0 aromatic carbocycles. The van der Waals surface area contributed by atoms with Crippen molar-refractivity contribution < 1.29 is 42.1 Å². The lowest BCUT2D eigenvalue weighted by Crippen LogP contribution is -2.37. The highest BCUT2D eigenvalue weighted by Crippen LogP contribution is 2.38. The van der Waals surface area contributed by atoms with Gasteiger partial charge in [-0.3, -0.25) is 14.2 Å². The number of quaternary nitrogens is 1. The van der Waals surface area contributed by atoms with Crippen molar-refractivity contribution in [3.05, 3.63) is 48.6 Å². The molecule has 0 aliphatic rings. The topological polar surface area (TPSA) is 111 Å². The third-order valence-corrected chi connectivity index (χ3v) is 18.3. The number of carbonyl (C=O) groups excluding carboxylic acids is 2. The second-order valence-corrected chi connectivity index (χ2v) is 28.8. The third-order valence-electron chi connectivity index (χ3n) is 17.3. The van der Waals surface area contributed by atoms with Gasteiger partial charge in [0.25, 0.3) is 7.82 Å². The summed E-state index contributed by atoms with van der Waals surface area (Å²) in [4.78, 5) is 38.1. The van der Waals surface area contributed by atoms with Crippen LogP contribution in [0.4, 0.5) is 0 Å². The van der Waals surface area contributed by atoms with E-state index in [-0.39, 0.29) is 32.0 Å². The third kappa shape index (κ3) is 73.0. The standard InChI is InChI=1S/C78H148NO8P/c1-6-8-10-12-14-16-18-20-22-24-26-28-30-31-32-33-34-35-36-37-38-39-40-41-42-43-44-45-46-47-49-51-53-55-57-59-61-63-65-67-69-71-78(81)87-76(75-86-88(82,83)85-73-72-79(3,4)5)74-84-77(80)70-68-66-64-62-60-58-56-54-52-50-48-29-27-25-23-21-19-17-15-13-11-9-7-2/h18-21,24-27,76H,6-17,22-23,28-75H2,1-5H3/b20-18-,21-19-,26-24-,27-25-. The van der Waals surface area contributed by atoms with Gasteiger partial charge in [0, 0.05) is 12.8 Å². The zero-order valence-corrected chi connectivity index (χ0v) is 60.1. The van der Waals surface area contributed by atoms with Crippen molar-refractivity contribution in [2.45, 2.75) is 392 Å². The molecule has 0 bridgehead atoms. The lowest BCUT2D eigenvalue weighted by atomic mass is 10.0. The van der Waals surface area contributed by atoms with Gasteiger partial charge in [0.2, 0.25) is 0 Å². The summed E-state index contributed by atoms with van der Waals surface area (Å²) in [5.41, 5.74) is 0. The van der Waals surface area contributed by atoms with Crippen molar-refractivity contribution in [2.24, 2.45) is 0 Å². The summed E-state index contributed by atoms with van der Waals surface area (Å²) in [5.74, 6) is -0.816. The first-order chi connectivity index (χ1) is 43.0. The Balaban J connectivity index is 3.89. The molecule has 518 valence electrons. The van der Waals surface area contributed by atoms with Crippen molar-refractivity contribution in [3.63, 3.8) is 0 Å². The number of phosphoric ester groups is 1. The van der Waals surface area contributed by atoms with Crippen LogP contribution in [0.3, 0.4) is 0 Å². The molecule has 0 heterocycles. The van der Waals surface area contributed by atoms with E-state index in [2.05, 4.69) is 62.5 Å². The normalized spacial score (nSPS) is 13.3. The molecule has 0 saturated heterocycles. The summed E-state index contributed by atoms with van der Waals surface area (Å²) in [6, 6.07) is 0. The van der Waals surface area contributed by atoms with Gasteiger partial charge in [-0.15, -0.1) is 0 Å². The molecule has 9 nitrogen and oxygen atoms in total. The summed E-state index contributed by atoms with van der Waals surface area (Å²) in [6.07, 6.45) is 90.9. The van der Waals surface area contributed by atoms with Gasteiger partial charge in [-0.2, -0.15) is 0 Å². The number of unbranched alkanes of at least 4 members (excludes halogenated alkanes) is 50. The molecule has 0 aliphatic heterocycles. The van der Waals surface area contributed by atoms with Crippen LogP contribution in [0.1, 0.15) is 386 Å². The van der Waals surface area contributed by atoms with Crippen molar-refractivity contribution in [3.8, 4) is 0 Å². The van der Waals surface area contributed by atoms with Gasteiger partial charge < -0.3 is 27.9 Å². The Bertz CT molecular complexity index is 1620. The highest BCUT2D eigenvalue weighted by molar-refractivity contribution is 7.45. The second-order valence-electron chi connectivity index (χ2n) is 27.4. The molecule has 0 fully saturated rings. The Hall–Kier alpha value is -2.03. The molecule has 88 heavy (non-hydrogen) atoms. The molecule has 0 radical (unpaired) electrons. The largest absolute Gasteiger partial charge is 0.756 e.